The molecule has 0 heterocycles. The van der Waals surface area contributed by atoms with E-state index >= 15 is 0 Å². The molecule has 0 fully saturated rings. The van der Waals surface area contributed by atoms with Gasteiger partial charge in [-0.25, -0.2) is 4.79 Å². The highest BCUT2D eigenvalue weighted by atomic mass is 16.5. The van der Waals surface area contributed by atoms with E-state index in [0.29, 0.717) is 6.61 Å². The number of esters is 1. The standard InChI is InChI=1S/C19H16O2/c1-2-21-19(20)12-8-14-7-11-18-16(13-14)10-9-15-5-3-4-6-17(15)18/h3-13H,2H2,1H3. The van der Waals surface area contributed by atoms with Crippen LogP contribution in [0.5, 0.6) is 0 Å². The van der Waals surface area contributed by atoms with Crippen molar-refractivity contribution in [1.29, 1.82) is 0 Å². The molecule has 0 unspecified atom stereocenters. The van der Waals surface area contributed by atoms with E-state index in [2.05, 4.69) is 42.5 Å². The van der Waals surface area contributed by atoms with Crippen molar-refractivity contribution in [3.05, 3.63) is 66.2 Å². The highest BCUT2D eigenvalue weighted by Gasteiger charge is 2.01. The first-order valence-corrected chi connectivity index (χ1v) is 7.04. The van der Waals surface area contributed by atoms with Crippen LogP contribution < -0.4 is 0 Å². The molecule has 0 saturated heterocycles. The topological polar surface area (TPSA) is 26.3 Å². The van der Waals surface area contributed by atoms with Crippen molar-refractivity contribution >= 4 is 33.6 Å². The molecule has 0 aliphatic carbocycles. The lowest BCUT2D eigenvalue weighted by molar-refractivity contribution is -0.137. The first-order chi connectivity index (χ1) is 10.3. The Morgan fingerprint density at radius 3 is 2.62 bits per heavy atom. The van der Waals surface area contributed by atoms with Crippen LogP contribution in [0.2, 0.25) is 0 Å². The Morgan fingerprint density at radius 1 is 1.00 bits per heavy atom. The summed E-state index contributed by atoms with van der Waals surface area (Å²) < 4.78 is 4.88. The lowest BCUT2D eigenvalue weighted by Gasteiger charge is -2.04. The van der Waals surface area contributed by atoms with E-state index in [1.165, 1.54) is 27.6 Å². The fraction of sp³-hybridized carbons (Fsp3) is 0.105. The van der Waals surface area contributed by atoms with Crippen LogP contribution >= 0.6 is 0 Å². The SMILES string of the molecule is CCOC(=O)C=Cc1ccc2c(ccc3ccccc32)c1. The molecule has 2 nitrogen and oxygen atoms in total. The van der Waals surface area contributed by atoms with Crippen molar-refractivity contribution in [3.63, 3.8) is 0 Å². The summed E-state index contributed by atoms with van der Waals surface area (Å²) in [6.45, 7) is 2.19. The average molecular weight is 276 g/mol. The Morgan fingerprint density at radius 2 is 1.76 bits per heavy atom. The van der Waals surface area contributed by atoms with Crippen molar-refractivity contribution in [3.8, 4) is 0 Å². The number of hydrogen-bond donors (Lipinski definition) is 0. The molecule has 0 aromatic heterocycles. The lowest BCUT2D eigenvalue weighted by atomic mass is 10.00. The largest absolute Gasteiger partial charge is 0.463 e. The second-order valence-electron chi connectivity index (χ2n) is 4.85. The smallest absolute Gasteiger partial charge is 0.330 e. The van der Waals surface area contributed by atoms with Gasteiger partial charge in [0.25, 0.3) is 0 Å². The molecule has 0 aliphatic heterocycles. The number of hydrogen-bond acceptors (Lipinski definition) is 2. The van der Waals surface area contributed by atoms with Crippen LogP contribution in [-0.2, 0) is 9.53 Å². The molecule has 3 rings (SSSR count). The molecular formula is C19H16O2. The van der Waals surface area contributed by atoms with Crippen LogP contribution in [0, 0.1) is 0 Å². The molecule has 0 radical (unpaired) electrons. The predicted octanol–water partition coefficient (Wildman–Crippen LogP) is 4.57. The first-order valence-electron chi connectivity index (χ1n) is 7.04. The third kappa shape index (κ3) is 2.79. The quantitative estimate of drug-likeness (QED) is 0.398. The summed E-state index contributed by atoms with van der Waals surface area (Å²) in [5.41, 5.74) is 0.992. The Labute approximate surface area is 123 Å². The van der Waals surface area contributed by atoms with Crippen LogP contribution in [0.3, 0.4) is 0 Å². The summed E-state index contributed by atoms with van der Waals surface area (Å²) in [6, 6.07) is 18.8. The fourth-order valence-corrected chi connectivity index (χ4v) is 2.49. The van der Waals surface area contributed by atoms with Crippen LogP contribution in [0.1, 0.15) is 12.5 Å². The summed E-state index contributed by atoms with van der Waals surface area (Å²) in [5, 5.41) is 4.87. The molecule has 0 saturated carbocycles. The van der Waals surface area contributed by atoms with Gasteiger partial charge in [0.1, 0.15) is 0 Å². The van der Waals surface area contributed by atoms with Gasteiger partial charge in [0.15, 0.2) is 0 Å². The second kappa shape index (κ2) is 5.80. The zero-order chi connectivity index (χ0) is 14.7. The Hall–Kier alpha value is -2.61. The van der Waals surface area contributed by atoms with Crippen LogP contribution in [0.15, 0.2) is 60.7 Å². The van der Waals surface area contributed by atoms with E-state index in [1.54, 1.807) is 13.0 Å². The maximum absolute atomic E-state index is 11.3. The summed E-state index contributed by atoms with van der Waals surface area (Å²) in [7, 11) is 0. The summed E-state index contributed by atoms with van der Waals surface area (Å²) >= 11 is 0. The average Bonchev–Trinajstić information content (AvgIpc) is 2.53. The minimum atomic E-state index is -0.309. The van der Waals surface area contributed by atoms with Crippen molar-refractivity contribution in [2.24, 2.45) is 0 Å². The van der Waals surface area contributed by atoms with Crippen LogP contribution in [0.4, 0.5) is 0 Å². The van der Waals surface area contributed by atoms with Gasteiger partial charge in [-0.2, -0.15) is 0 Å². The lowest BCUT2D eigenvalue weighted by Crippen LogP contribution is -1.98. The highest BCUT2D eigenvalue weighted by Crippen LogP contribution is 2.26. The highest BCUT2D eigenvalue weighted by molar-refractivity contribution is 6.07. The van der Waals surface area contributed by atoms with E-state index in [1.807, 2.05) is 12.1 Å². The Balaban J connectivity index is 2.01. The van der Waals surface area contributed by atoms with Gasteiger partial charge in [0.2, 0.25) is 0 Å². The summed E-state index contributed by atoms with van der Waals surface area (Å²) in [6.07, 6.45) is 3.25. The molecular weight excluding hydrogens is 260 g/mol. The van der Waals surface area contributed by atoms with Crippen molar-refractivity contribution in [2.45, 2.75) is 6.92 Å². The summed E-state index contributed by atoms with van der Waals surface area (Å²) in [4.78, 5) is 11.3. The van der Waals surface area contributed by atoms with Gasteiger partial charge in [-0.3, -0.25) is 0 Å². The molecule has 0 bridgehead atoms. The molecule has 104 valence electrons. The maximum Gasteiger partial charge on any atom is 0.330 e. The van der Waals surface area contributed by atoms with Gasteiger partial charge in [-0.15, -0.1) is 0 Å². The number of fused-ring (bicyclic) bond motifs is 3. The van der Waals surface area contributed by atoms with E-state index in [-0.39, 0.29) is 5.97 Å². The second-order valence-corrected chi connectivity index (χ2v) is 4.85. The zero-order valence-corrected chi connectivity index (χ0v) is 11.9. The van der Waals surface area contributed by atoms with Crippen molar-refractivity contribution in [1.82, 2.24) is 0 Å². The third-order valence-corrected chi connectivity index (χ3v) is 3.47. The maximum atomic E-state index is 11.3. The fourth-order valence-electron chi connectivity index (χ4n) is 2.49. The molecule has 21 heavy (non-hydrogen) atoms. The monoisotopic (exact) mass is 276 g/mol. The molecule has 3 aromatic rings. The van der Waals surface area contributed by atoms with E-state index in [0.717, 1.165) is 5.56 Å². The van der Waals surface area contributed by atoms with Gasteiger partial charge in [-0.05, 0) is 46.2 Å². The van der Waals surface area contributed by atoms with E-state index in [9.17, 15) is 4.79 Å². The molecule has 0 aliphatic rings. The molecule has 0 atom stereocenters. The minimum absolute atomic E-state index is 0.309. The van der Waals surface area contributed by atoms with E-state index < -0.39 is 0 Å². The van der Waals surface area contributed by atoms with Crippen molar-refractivity contribution in [2.75, 3.05) is 6.61 Å². The molecule has 0 N–H and O–H groups in total. The number of carbonyl (C=O) groups excluding carboxylic acids is 1. The van der Waals surface area contributed by atoms with Crippen molar-refractivity contribution < 1.29 is 9.53 Å². The zero-order valence-electron chi connectivity index (χ0n) is 11.9. The number of rotatable bonds is 3. The van der Waals surface area contributed by atoms with Gasteiger partial charge in [0, 0.05) is 6.08 Å². The minimum Gasteiger partial charge on any atom is -0.463 e. The predicted molar refractivity (Wildman–Crippen MR) is 87.1 cm³/mol. The van der Waals surface area contributed by atoms with Crippen LogP contribution in [0.25, 0.3) is 27.6 Å². The third-order valence-electron chi connectivity index (χ3n) is 3.47. The molecule has 0 spiro atoms. The molecule has 0 amide bonds. The first kappa shape index (κ1) is 13.4. The van der Waals surface area contributed by atoms with E-state index in [4.69, 9.17) is 4.74 Å². The normalized spacial score (nSPS) is 11.3. The number of carbonyl (C=O) groups is 1. The number of benzene rings is 3. The Bertz CT molecular complexity index is 831. The molecule has 2 heteroatoms. The van der Waals surface area contributed by atoms with Gasteiger partial charge < -0.3 is 4.74 Å². The Kier molecular flexibility index (Phi) is 3.69. The number of ether oxygens (including phenoxy) is 1. The van der Waals surface area contributed by atoms with Gasteiger partial charge in [0.05, 0.1) is 6.61 Å². The van der Waals surface area contributed by atoms with Gasteiger partial charge in [-0.1, -0.05) is 48.5 Å². The van der Waals surface area contributed by atoms with Crippen LogP contribution in [-0.4, -0.2) is 12.6 Å². The summed E-state index contributed by atoms with van der Waals surface area (Å²) in [5.74, 6) is -0.309. The van der Waals surface area contributed by atoms with Gasteiger partial charge >= 0.3 is 5.97 Å². The molecule has 3 aromatic carbocycles.